The molecule has 0 aliphatic heterocycles. The van der Waals surface area contributed by atoms with Crippen LogP contribution in [0.25, 0.3) is 0 Å². The molecule has 1 aromatic heterocycles. The van der Waals surface area contributed by atoms with E-state index in [1.165, 1.54) is 61.2 Å². The number of aromatic nitrogens is 3. The van der Waals surface area contributed by atoms with Gasteiger partial charge in [0.15, 0.2) is 0 Å². The topological polar surface area (TPSA) is 41.6 Å². The Morgan fingerprint density at radius 2 is 1.32 bits per heavy atom. The average Bonchev–Trinajstić information content (AvgIpc) is 2.85. The molecule has 0 bridgehead atoms. The molecular formula is C15H31N3Sn. The quantitative estimate of drug-likeness (QED) is 0.627. The molecule has 0 fully saturated rings. The van der Waals surface area contributed by atoms with Crippen LogP contribution in [-0.4, -0.2) is 33.8 Å². The molecule has 19 heavy (non-hydrogen) atoms. The monoisotopic (exact) mass is 373 g/mol. The molecule has 110 valence electrons. The van der Waals surface area contributed by atoms with Crippen LogP contribution >= 0.6 is 0 Å². The summed E-state index contributed by atoms with van der Waals surface area (Å²) in [4.78, 5) is 0. The average molecular weight is 372 g/mol. The zero-order chi connectivity index (χ0) is 14.1. The van der Waals surface area contributed by atoms with Crippen molar-refractivity contribution in [2.24, 2.45) is 0 Å². The van der Waals surface area contributed by atoms with Gasteiger partial charge in [0.1, 0.15) is 0 Å². The van der Waals surface area contributed by atoms with E-state index in [9.17, 15) is 0 Å². The minimum absolute atomic E-state index is 1.19. The van der Waals surface area contributed by atoms with Crippen LogP contribution < -0.4 is 3.71 Å². The number of hydrogen-bond donors (Lipinski definition) is 1. The third-order valence-electron chi connectivity index (χ3n) is 4.25. The second kappa shape index (κ2) is 8.98. The summed E-state index contributed by atoms with van der Waals surface area (Å²) in [5, 5.41) is 11.8. The molecule has 0 atom stereocenters. The summed E-state index contributed by atoms with van der Waals surface area (Å²) >= 11 is -2.30. The van der Waals surface area contributed by atoms with Gasteiger partial charge >= 0.3 is 123 Å². The van der Waals surface area contributed by atoms with E-state index in [0.717, 1.165) is 0 Å². The van der Waals surface area contributed by atoms with E-state index in [4.69, 9.17) is 0 Å². The fourth-order valence-corrected chi connectivity index (χ4v) is 19.2. The molecule has 0 aliphatic rings. The van der Waals surface area contributed by atoms with Crippen LogP contribution in [0.3, 0.4) is 0 Å². The van der Waals surface area contributed by atoms with Crippen molar-refractivity contribution in [3.63, 3.8) is 0 Å². The van der Waals surface area contributed by atoms with Gasteiger partial charge in [0, 0.05) is 0 Å². The Morgan fingerprint density at radius 1 is 0.842 bits per heavy atom. The number of aromatic amines is 1. The van der Waals surface area contributed by atoms with Gasteiger partial charge in [0.25, 0.3) is 0 Å². The number of nitrogens with zero attached hydrogens (tertiary/aromatic N) is 2. The van der Waals surface area contributed by atoms with E-state index < -0.39 is 18.4 Å². The summed E-state index contributed by atoms with van der Waals surface area (Å²) in [5.74, 6) is 0. The maximum atomic E-state index is 4.60. The molecule has 0 saturated heterocycles. The van der Waals surface area contributed by atoms with Crippen molar-refractivity contribution >= 4 is 22.1 Å². The Balaban J connectivity index is 2.97. The third-order valence-corrected chi connectivity index (χ3v) is 19.7. The first kappa shape index (κ1) is 17.0. The first-order valence-electron chi connectivity index (χ1n) is 8.08. The number of aryl methyl sites for hydroxylation is 1. The van der Waals surface area contributed by atoms with Gasteiger partial charge < -0.3 is 0 Å². The van der Waals surface area contributed by atoms with Gasteiger partial charge in [-0.2, -0.15) is 0 Å². The molecule has 0 aliphatic carbocycles. The molecule has 1 rings (SSSR count). The van der Waals surface area contributed by atoms with E-state index in [2.05, 4.69) is 43.1 Å². The van der Waals surface area contributed by atoms with Crippen molar-refractivity contribution in [2.45, 2.75) is 79.5 Å². The molecule has 0 amide bonds. The normalized spacial score (nSPS) is 12.0. The van der Waals surface area contributed by atoms with E-state index >= 15 is 0 Å². The molecular weight excluding hydrogens is 341 g/mol. The molecule has 4 heteroatoms. The zero-order valence-electron chi connectivity index (χ0n) is 13.3. The van der Waals surface area contributed by atoms with Crippen molar-refractivity contribution in [3.05, 3.63) is 5.69 Å². The molecule has 1 aromatic rings. The molecule has 0 spiro atoms. The first-order chi connectivity index (χ1) is 9.20. The molecule has 1 N–H and O–H groups in total. The fourth-order valence-electron chi connectivity index (χ4n) is 3.06. The zero-order valence-corrected chi connectivity index (χ0v) is 16.1. The number of rotatable bonds is 10. The standard InChI is InChI=1S/3C4H9.C3H4N3.Sn/c3*1-3-4-2;1-3-2-4-6-5-3;/h3*1,3-4H2,2H3;1H3,(H,4,5,6);. The molecule has 3 nitrogen and oxygen atoms in total. The second-order valence-electron chi connectivity index (χ2n) is 5.85. The van der Waals surface area contributed by atoms with Gasteiger partial charge in [0.05, 0.1) is 0 Å². The van der Waals surface area contributed by atoms with Gasteiger partial charge in [-0.25, -0.2) is 0 Å². The Bertz CT molecular complexity index is 327. The predicted molar refractivity (Wildman–Crippen MR) is 85.7 cm³/mol. The Kier molecular flexibility index (Phi) is 8.03. The van der Waals surface area contributed by atoms with E-state index in [0.29, 0.717) is 0 Å². The van der Waals surface area contributed by atoms with Crippen molar-refractivity contribution < 1.29 is 0 Å². The molecule has 0 saturated carbocycles. The van der Waals surface area contributed by atoms with Crippen molar-refractivity contribution in [1.82, 2.24) is 15.4 Å². The van der Waals surface area contributed by atoms with E-state index in [1.807, 2.05) is 0 Å². The van der Waals surface area contributed by atoms with E-state index in [-0.39, 0.29) is 0 Å². The van der Waals surface area contributed by atoms with Crippen LogP contribution in [0.4, 0.5) is 0 Å². The van der Waals surface area contributed by atoms with Gasteiger partial charge in [-0.1, -0.05) is 0 Å². The number of H-pyrrole nitrogens is 1. The minimum atomic E-state index is -2.30. The number of nitrogens with one attached hydrogen (secondary N) is 1. The SMILES string of the molecule is CCC[CH2][Sn]([CH2]CCC)([CH2]CCC)[c]1n[nH]nc1C. The fraction of sp³-hybridized carbons (Fsp3) is 0.867. The van der Waals surface area contributed by atoms with E-state index in [1.54, 1.807) is 0 Å². The Labute approximate surface area is 122 Å². The van der Waals surface area contributed by atoms with Crippen molar-refractivity contribution in [2.75, 3.05) is 0 Å². The van der Waals surface area contributed by atoms with Crippen LogP contribution in [0, 0.1) is 6.92 Å². The predicted octanol–water partition coefficient (Wildman–Crippen LogP) is 4.17. The van der Waals surface area contributed by atoms with Crippen LogP contribution in [-0.2, 0) is 0 Å². The van der Waals surface area contributed by atoms with Crippen molar-refractivity contribution in [1.29, 1.82) is 0 Å². The molecule has 0 radical (unpaired) electrons. The van der Waals surface area contributed by atoms with Gasteiger partial charge in [-0.15, -0.1) is 0 Å². The summed E-state index contributed by atoms with van der Waals surface area (Å²) in [6.45, 7) is 9.08. The van der Waals surface area contributed by atoms with Crippen LogP contribution in [0.15, 0.2) is 0 Å². The summed E-state index contributed by atoms with van der Waals surface area (Å²) in [6, 6.07) is 0. The second-order valence-corrected chi connectivity index (χ2v) is 18.8. The number of unbranched alkanes of at least 4 members (excludes halogenated alkanes) is 3. The first-order valence-corrected chi connectivity index (χ1v) is 15.6. The molecule has 0 aromatic carbocycles. The summed E-state index contributed by atoms with van der Waals surface area (Å²) in [5.41, 5.74) is 1.19. The molecule has 0 unspecified atom stereocenters. The Hall–Kier alpha value is -0.0613. The number of hydrogen-bond acceptors (Lipinski definition) is 2. The summed E-state index contributed by atoms with van der Waals surface area (Å²) in [6.07, 6.45) is 8.09. The van der Waals surface area contributed by atoms with Crippen LogP contribution in [0.5, 0.6) is 0 Å². The van der Waals surface area contributed by atoms with Gasteiger partial charge in [0.2, 0.25) is 0 Å². The maximum absolute atomic E-state index is 4.60. The van der Waals surface area contributed by atoms with Gasteiger partial charge in [-0.05, 0) is 0 Å². The Morgan fingerprint density at radius 3 is 1.63 bits per heavy atom. The van der Waals surface area contributed by atoms with Crippen LogP contribution in [0.2, 0.25) is 13.3 Å². The summed E-state index contributed by atoms with van der Waals surface area (Å²) in [7, 11) is 0. The third kappa shape index (κ3) is 4.76. The van der Waals surface area contributed by atoms with Crippen molar-refractivity contribution in [3.8, 4) is 0 Å². The summed E-state index contributed by atoms with van der Waals surface area (Å²) < 4.78 is 5.86. The van der Waals surface area contributed by atoms with Crippen LogP contribution in [0.1, 0.15) is 65.0 Å². The van der Waals surface area contributed by atoms with Gasteiger partial charge in [-0.3, -0.25) is 0 Å². The molecule has 1 heterocycles.